The topological polar surface area (TPSA) is 74.2 Å². The molecule has 3 aromatic rings. The molecule has 1 aromatic carbocycles. The maximum atomic E-state index is 12.0. The fourth-order valence-electron chi connectivity index (χ4n) is 2.38. The molecule has 1 atom stereocenters. The second-order valence-corrected chi connectivity index (χ2v) is 5.31. The fourth-order valence-corrected chi connectivity index (χ4v) is 2.38. The van der Waals surface area contributed by atoms with Crippen LogP contribution in [-0.2, 0) is 0 Å². The Hall–Kier alpha value is -2.60. The van der Waals surface area contributed by atoms with Gasteiger partial charge in [-0.2, -0.15) is 0 Å². The number of furan rings is 1. The first-order valence-corrected chi connectivity index (χ1v) is 7.08. The third kappa shape index (κ3) is 2.87. The summed E-state index contributed by atoms with van der Waals surface area (Å²) >= 11 is 0. The van der Waals surface area contributed by atoms with Crippen LogP contribution in [0.3, 0.4) is 0 Å². The van der Waals surface area contributed by atoms with E-state index in [4.69, 9.17) is 4.42 Å². The summed E-state index contributed by atoms with van der Waals surface area (Å²) in [6.07, 6.45) is 1.65. The third-order valence-corrected chi connectivity index (χ3v) is 3.57. The minimum absolute atomic E-state index is 0.0479. The van der Waals surface area contributed by atoms with Crippen molar-refractivity contribution < 1.29 is 4.42 Å². The van der Waals surface area contributed by atoms with Crippen LogP contribution < -0.4 is 10.9 Å². The van der Waals surface area contributed by atoms with Gasteiger partial charge in [-0.25, -0.2) is 4.98 Å². The number of rotatable bonds is 5. The van der Waals surface area contributed by atoms with E-state index in [1.165, 1.54) is 0 Å². The molecule has 2 N–H and O–H groups in total. The van der Waals surface area contributed by atoms with Gasteiger partial charge < -0.3 is 9.73 Å². The molecule has 0 amide bonds. The molecule has 0 bridgehead atoms. The molecule has 2 aromatic heterocycles. The molecular formula is C16H18N4O2. The van der Waals surface area contributed by atoms with Gasteiger partial charge in [0.05, 0.1) is 23.2 Å². The molecule has 0 saturated carbocycles. The number of H-pyrrole nitrogens is 1. The van der Waals surface area contributed by atoms with Crippen molar-refractivity contribution >= 4 is 16.9 Å². The number of benzene rings is 1. The van der Waals surface area contributed by atoms with Gasteiger partial charge in [-0.15, -0.1) is 0 Å². The molecule has 2 heterocycles. The van der Waals surface area contributed by atoms with Gasteiger partial charge in [0.15, 0.2) is 0 Å². The highest BCUT2D eigenvalue weighted by Gasteiger charge is 2.17. The van der Waals surface area contributed by atoms with Gasteiger partial charge in [0.1, 0.15) is 5.76 Å². The van der Waals surface area contributed by atoms with Gasteiger partial charge in [0, 0.05) is 6.54 Å². The molecule has 0 fully saturated rings. The maximum absolute atomic E-state index is 12.0. The number of hydrogen-bond donors (Lipinski definition) is 2. The van der Waals surface area contributed by atoms with E-state index in [0.29, 0.717) is 23.4 Å². The molecule has 0 spiro atoms. The number of anilines is 1. The Morgan fingerprint density at radius 3 is 2.82 bits per heavy atom. The lowest BCUT2D eigenvalue weighted by Gasteiger charge is -2.22. The number of para-hydroxylation sites is 1. The van der Waals surface area contributed by atoms with Gasteiger partial charge in [-0.1, -0.05) is 12.1 Å². The first kappa shape index (κ1) is 14.3. The van der Waals surface area contributed by atoms with Crippen molar-refractivity contribution in [3.63, 3.8) is 0 Å². The van der Waals surface area contributed by atoms with Crippen LogP contribution in [0, 0.1) is 0 Å². The largest absolute Gasteiger partial charge is 0.468 e. The summed E-state index contributed by atoms with van der Waals surface area (Å²) < 4.78 is 5.47. The fraction of sp³-hybridized carbons (Fsp3) is 0.250. The van der Waals surface area contributed by atoms with Crippen molar-refractivity contribution in [2.45, 2.75) is 6.04 Å². The molecule has 6 heteroatoms. The molecule has 0 radical (unpaired) electrons. The first-order chi connectivity index (χ1) is 10.6. The number of likely N-dealkylation sites (N-methyl/N-ethyl adjacent to an activating group) is 1. The molecule has 0 aliphatic rings. The summed E-state index contributed by atoms with van der Waals surface area (Å²) in [4.78, 5) is 21.3. The first-order valence-electron chi connectivity index (χ1n) is 7.08. The second kappa shape index (κ2) is 6.03. The van der Waals surface area contributed by atoms with Crippen molar-refractivity contribution in [1.29, 1.82) is 0 Å². The predicted molar refractivity (Wildman–Crippen MR) is 86.0 cm³/mol. The Kier molecular flexibility index (Phi) is 3.93. The zero-order chi connectivity index (χ0) is 15.5. The molecule has 6 nitrogen and oxygen atoms in total. The number of nitrogens with zero attached hydrogens (tertiary/aromatic N) is 2. The number of aromatic nitrogens is 2. The Morgan fingerprint density at radius 2 is 2.09 bits per heavy atom. The maximum Gasteiger partial charge on any atom is 0.260 e. The van der Waals surface area contributed by atoms with E-state index in [0.717, 1.165) is 5.76 Å². The number of nitrogens with one attached hydrogen (secondary N) is 2. The molecule has 3 rings (SSSR count). The van der Waals surface area contributed by atoms with Crippen LogP contribution in [-0.4, -0.2) is 35.5 Å². The Morgan fingerprint density at radius 1 is 1.27 bits per heavy atom. The van der Waals surface area contributed by atoms with Crippen molar-refractivity contribution in [2.24, 2.45) is 0 Å². The predicted octanol–water partition coefficient (Wildman–Crippen LogP) is 2.23. The summed E-state index contributed by atoms with van der Waals surface area (Å²) in [5, 5.41) is 3.77. The molecule has 0 aliphatic carbocycles. The van der Waals surface area contributed by atoms with Crippen molar-refractivity contribution in [1.82, 2.24) is 14.9 Å². The van der Waals surface area contributed by atoms with E-state index in [1.807, 2.05) is 49.3 Å². The molecule has 1 unspecified atom stereocenters. The Labute approximate surface area is 127 Å². The monoisotopic (exact) mass is 298 g/mol. The number of fused-ring (bicyclic) bond motifs is 1. The average molecular weight is 298 g/mol. The van der Waals surface area contributed by atoms with Crippen LogP contribution in [0.5, 0.6) is 0 Å². The minimum Gasteiger partial charge on any atom is -0.468 e. The van der Waals surface area contributed by atoms with Crippen LogP contribution in [0.2, 0.25) is 0 Å². The van der Waals surface area contributed by atoms with Gasteiger partial charge in [0.2, 0.25) is 5.95 Å². The molecule has 22 heavy (non-hydrogen) atoms. The van der Waals surface area contributed by atoms with E-state index >= 15 is 0 Å². The minimum atomic E-state index is -0.146. The lowest BCUT2D eigenvalue weighted by molar-refractivity contribution is 0.269. The van der Waals surface area contributed by atoms with Crippen molar-refractivity contribution in [3.05, 3.63) is 58.8 Å². The zero-order valence-electron chi connectivity index (χ0n) is 12.5. The lowest BCUT2D eigenvalue weighted by atomic mass is 10.2. The SMILES string of the molecule is CN(C)C(CNc1nc2ccccc2c(=O)[nH]1)c1ccco1. The van der Waals surface area contributed by atoms with E-state index < -0.39 is 0 Å². The molecular weight excluding hydrogens is 280 g/mol. The van der Waals surface area contributed by atoms with Gasteiger partial charge in [-0.3, -0.25) is 14.7 Å². The lowest BCUT2D eigenvalue weighted by Crippen LogP contribution is -2.27. The van der Waals surface area contributed by atoms with Crippen LogP contribution in [0.25, 0.3) is 10.9 Å². The smallest absolute Gasteiger partial charge is 0.260 e. The molecule has 114 valence electrons. The summed E-state index contributed by atoms with van der Waals surface area (Å²) in [7, 11) is 3.96. The van der Waals surface area contributed by atoms with Crippen molar-refractivity contribution in [3.8, 4) is 0 Å². The zero-order valence-corrected chi connectivity index (χ0v) is 12.5. The van der Waals surface area contributed by atoms with Gasteiger partial charge in [0.25, 0.3) is 5.56 Å². The van der Waals surface area contributed by atoms with Gasteiger partial charge in [-0.05, 0) is 38.4 Å². The van der Waals surface area contributed by atoms with Crippen LogP contribution in [0.4, 0.5) is 5.95 Å². The molecule has 0 aliphatic heterocycles. The average Bonchev–Trinajstić information content (AvgIpc) is 3.01. The highest BCUT2D eigenvalue weighted by Crippen LogP contribution is 2.19. The summed E-state index contributed by atoms with van der Waals surface area (Å²) in [6.45, 7) is 0.571. The van der Waals surface area contributed by atoms with E-state index in [1.54, 1.807) is 12.3 Å². The quantitative estimate of drug-likeness (QED) is 0.755. The highest BCUT2D eigenvalue weighted by atomic mass is 16.3. The molecule has 0 saturated heterocycles. The number of aromatic amines is 1. The standard InChI is InChI=1S/C16H18N4O2/c1-20(2)13(14-8-5-9-22-14)10-17-16-18-12-7-4-3-6-11(12)15(21)19-16/h3-9,13H,10H2,1-2H3,(H2,17,18,19,21). The third-order valence-electron chi connectivity index (χ3n) is 3.57. The van der Waals surface area contributed by atoms with Crippen LogP contribution in [0.1, 0.15) is 11.8 Å². The summed E-state index contributed by atoms with van der Waals surface area (Å²) in [5.41, 5.74) is 0.528. The Balaban J connectivity index is 1.82. The second-order valence-electron chi connectivity index (χ2n) is 5.31. The van der Waals surface area contributed by atoms with Crippen LogP contribution >= 0.6 is 0 Å². The Bertz CT molecular complexity index is 808. The van der Waals surface area contributed by atoms with Crippen LogP contribution in [0.15, 0.2) is 51.9 Å². The van der Waals surface area contributed by atoms with Crippen molar-refractivity contribution in [2.75, 3.05) is 26.0 Å². The van der Waals surface area contributed by atoms with E-state index in [2.05, 4.69) is 15.3 Å². The summed E-state index contributed by atoms with van der Waals surface area (Å²) in [5.74, 6) is 1.32. The highest BCUT2D eigenvalue weighted by molar-refractivity contribution is 5.78. The summed E-state index contributed by atoms with van der Waals surface area (Å²) in [6, 6.07) is 11.1. The number of hydrogen-bond acceptors (Lipinski definition) is 5. The normalized spacial score (nSPS) is 12.7. The van der Waals surface area contributed by atoms with E-state index in [-0.39, 0.29) is 11.6 Å². The van der Waals surface area contributed by atoms with E-state index in [9.17, 15) is 4.79 Å². The van der Waals surface area contributed by atoms with Gasteiger partial charge >= 0.3 is 0 Å².